The van der Waals surface area contributed by atoms with E-state index in [1.807, 2.05) is 0 Å². The zero-order valence-electron chi connectivity index (χ0n) is 10.2. The van der Waals surface area contributed by atoms with Crippen LogP contribution in [0.4, 0.5) is 0 Å². The summed E-state index contributed by atoms with van der Waals surface area (Å²) in [5, 5.41) is 0. The molecule has 0 radical (unpaired) electrons. The Kier molecular flexibility index (Phi) is 6.92. The van der Waals surface area contributed by atoms with Gasteiger partial charge in [-0.15, -0.1) is 0 Å². The van der Waals surface area contributed by atoms with Crippen LogP contribution in [-0.4, -0.2) is 25.2 Å². The van der Waals surface area contributed by atoms with Crippen molar-refractivity contribution in [2.24, 2.45) is 0 Å². The molecule has 16 heavy (non-hydrogen) atoms. The first-order chi connectivity index (χ1) is 7.56. The van der Waals surface area contributed by atoms with Crippen LogP contribution < -0.4 is 0 Å². The molecular formula is C12H18O4. The molecule has 0 fully saturated rings. The van der Waals surface area contributed by atoms with E-state index in [1.54, 1.807) is 33.8 Å². The van der Waals surface area contributed by atoms with Crippen LogP contribution in [-0.2, 0) is 19.1 Å². The number of rotatable bonds is 5. The number of hydrogen-bond acceptors (Lipinski definition) is 4. The second-order valence-corrected chi connectivity index (χ2v) is 3.00. The molecule has 0 unspecified atom stereocenters. The Bertz CT molecular complexity index is 313. The highest BCUT2D eigenvalue weighted by atomic mass is 16.5. The average molecular weight is 226 g/mol. The molecule has 0 aliphatic rings. The maximum absolute atomic E-state index is 11.5. The molecular weight excluding hydrogens is 208 g/mol. The van der Waals surface area contributed by atoms with E-state index in [-0.39, 0.29) is 0 Å². The van der Waals surface area contributed by atoms with Crippen molar-refractivity contribution in [2.75, 3.05) is 13.2 Å². The lowest BCUT2D eigenvalue weighted by molar-refractivity contribution is -0.138. The van der Waals surface area contributed by atoms with Gasteiger partial charge in [0.2, 0.25) is 0 Å². The fourth-order valence-corrected chi connectivity index (χ4v) is 1.15. The molecule has 0 amide bonds. The Balaban J connectivity index is 4.72. The zero-order chi connectivity index (χ0) is 12.6. The van der Waals surface area contributed by atoms with Gasteiger partial charge in [-0.25, -0.2) is 9.59 Å². The molecule has 0 aromatic carbocycles. The second kappa shape index (κ2) is 7.68. The van der Waals surface area contributed by atoms with Crippen LogP contribution in [0.1, 0.15) is 27.7 Å². The van der Waals surface area contributed by atoms with Crippen molar-refractivity contribution in [2.45, 2.75) is 27.7 Å². The normalized spacial score (nSPS) is 12.2. The SMILES string of the molecule is C/C=C(C(=O)OCC)/C(C)=C/C(=O)OCC. The topological polar surface area (TPSA) is 52.6 Å². The van der Waals surface area contributed by atoms with Crippen molar-refractivity contribution in [1.29, 1.82) is 0 Å². The lowest BCUT2D eigenvalue weighted by Crippen LogP contribution is -2.10. The lowest BCUT2D eigenvalue weighted by Gasteiger charge is -2.06. The van der Waals surface area contributed by atoms with Gasteiger partial charge in [-0.3, -0.25) is 0 Å². The number of allylic oxidation sites excluding steroid dienone is 1. The second-order valence-electron chi connectivity index (χ2n) is 3.00. The Morgan fingerprint density at radius 3 is 2.12 bits per heavy atom. The van der Waals surface area contributed by atoms with E-state index < -0.39 is 11.9 Å². The minimum Gasteiger partial charge on any atom is -0.463 e. The third-order valence-electron chi connectivity index (χ3n) is 1.83. The molecule has 0 atom stereocenters. The number of carbonyl (C=O) groups is 2. The molecule has 0 N–H and O–H groups in total. The molecule has 0 aliphatic heterocycles. The third-order valence-corrected chi connectivity index (χ3v) is 1.83. The van der Waals surface area contributed by atoms with E-state index in [4.69, 9.17) is 9.47 Å². The summed E-state index contributed by atoms with van der Waals surface area (Å²) in [5.41, 5.74) is 0.925. The van der Waals surface area contributed by atoms with Crippen molar-refractivity contribution in [1.82, 2.24) is 0 Å². The van der Waals surface area contributed by atoms with Crippen molar-refractivity contribution in [3.05, 3.63) is 23.3 Å². The van der Waals surface area contributed by atoms with E-state index in [1.165, 1.54) is 6.08 Å². The molecule has 90 valence electrons. The van der Waals surface area contributed by atoms with Crippen molar-refractivity contribution < 1.29 is 19.1 Å². The molecule has 0 spiro atoms. The van der Waals surface area contributed by atoms with Crippen LogP contribution in [0.2, 0.25) is 0 Å². The maximum Gasteiger partial charge on any atom is 0.338 e. The highest BCUT2D eigenvalue weighted by Crippen LogP contribution is 2.11. The molecule has 0 saturated carbocycles. The number of carbonyl (C=O) groups excluding carboxylic acids is 2. The predicted molar refractivity (Wildman–Crippen MR) is 60.8 cm³/mol. The van der Waals surface area contributed by atoms with Crippen LogP contribution in [0.15, 0.2) is 23.3 Å². The largest absolute Gasteiger partial charge is 0.463 e. The third kappa shape index (κ3) is 4.77. The van der Waals surface area contributed by atoms with E-state index in [2.05, 4.69) is 0 Å². The highest BCUT2D eigenvalue weighted by molar-refractivity contribution is 5.95. The summed E-state index contributed by atoms with van der Waals surface area (Å²) in [6, 6.07) is 0. The highest BCUT2D eigenvalue weighted by Gasteiger charge is 2.12. The first-order valence-electron chi connectivity index (χ1n) is 5.25. The standard InChI is InChI=1S/C12H18O4/c1-5-10(12(14)16-7-3)9(4)8-11(13)15-6-2/h5,8H,6-7H2,1-4H3/b9-8+,10-5-. The Hall–Kier alpha value is -1.58. The minimum absolute atomic E-state index is 0.308. The summed E-state index contributed by atoms with van der Waals surface area (Å²) in [7, 11) is 0. The minimum atomic E-state index is -0.455. The molecule has 0 saturated heterocycles. The van der Waals surface area contributed by atoms with Gasteiger partial charge < -0.3 is 9.47 Å². The van der Waals surface area contributed by atoms with E-state index in [9.17, 15) is 9.59 Å². The Labute approximate surface area is 95.9 Å². The summed E-state index contributed by atoms with van der Waals surface area (Å²) >= 11 is 0. The van der Waals surface area contributed by atoms with Gasteiger partial charge in [0.1, 0.15) is 0 Å². The summed E-state index contributed by atoms with van der Waals surface area (Å²) in [6.45, 7) is 7.46. The van der Waals surface area contributed by atoms with Gasteiger partial charge in [0.15, 0.2) is 0 Å². The van der Waals surface area contributed by atoms with Crippen molar-refractivity contribution in [3.63, 3.8) is 0 Å². The molecule has 0 bridgehead atoms. The molecule has 4 heteroatoms. The molecule has 4 nitrogen and oxygen atoms in total. The number of ether oxygens (including phenoxy) is 2. The first kappa shape index (κ1) is 14.4. The zero-order valence-corrected chi connectivity index (χ0v) is 10.2. The van der Waals surface area contributed by atoms with Crippen LogP contribution in [0.25, 0.3) is 0 Å². The molecule has 0 aliphatic carbocycles. The van der Waals surface area contributed by atoms with Gasteiger partial charge in [-0.1, -0.05) is 6.08 Å². The summed E-state index contributed by atoms with van der Waals surface area (Å²) in [6.07, 6.45) is 2.90. The maximum atomic E-state index is 11.5. The number of esters is 2. The Morgan fingerprint density at radius 1 is 1.12 bits per heavy atom. The molecule has 0 heterocycles. The molecule has 0 aromatic heterocycles. The van der Waals surface area contributed by atoms with E-state index in [0.717, 1.165) is 0 Å². The smallest absolute Gasteiger partial charge is 0.338 e. The fourth-order valence-electron chi connectivity index (χ4n) is 1.15. The lowest BCUT2D eigenvalue weighted by atomic mass is 10.1. The molecule has 0 rings (SSSR count). The van der Waals surface area contributed by atoms with E-state index in [0.29, 0.717) is 24.4 Å². The van der Waals surface area contributed by atoms with Gasteiger partial charge in [0.25, 0.3) is 0 Å². The molecule has 0 aromatic rings. The van der Waals surface area contributed by atoms with Crippen LogP contribution in [0.3, 0.4) is 0 Å². The fraction of sp³-hybridized carbons (Fsp3) is 0.500. The van der Waals surface area contributed by atoms with Crippen LogP contribution >= 0.6 is 0 Å². The average Bonchev–Trinajstić information content (AvgIpc) is 2.19. The summed E-state index contributed by atoms with van der Waals surface area (Å²) < 4.78 is 9.61. The van der Waals surface area contributed by atoms with Crippen LogP contribution in [0, 0.1) is 0 Å². The van der Waals surface area contributed by atoms with E-state index >= 15 is 0 Å². The van der Waals surface area contributed by atoms with Crippen molar-refractivity contribution >= 4 is 11.9 Å². The number of hydrogen-bond donors (Lipinski definition) is 0. The van der Waals surface area contributed by atoms with Gasteiger partial charge in [-0.2, -0.15) is 0 Å². The quantitative estimate of drug-likeness (QED) is 0.409. The summed E-state index contributed by atoms with van der Waals surface area (Å²) in [5.74, 6) is -0.883. The Morgan fingerprint density at radius 2 is 1.69 bits per heavy atom. The van der Waals surface area contributed by atoms with Gasteiger partial charge in [-0.05, 0) is 33.3 Å². The van der Waals surface area contributed by atoms with Crippen molar-refractivity contribution in [3.8, 4) is 0 Å². The predicted octanol–water partition coefficient (Wildman–Crippen LogP) is 2.01. The summed E-state index contributed by atoms with van der Waals surface area (Å²) in [4.78, 5) is 22.6. The van der Waals surface area contributed by atoms with Gasteiger partial charge in [0.05, 0.1) is 18.8 Å². The first-order valence-corrected chi connectivity index (χ1v) is 5.25. The monoisotopic (exact) mass is 226 g/mol. The van der Waals surface area contributed by atoms with Crippen LogP contribution in [0.5, 0.6) is 0 Å². The van der Waals surface area contributed by atoms with Gasteiger partial charge in [0, 0.05) is 6.08 Å². The van der Waals surface area contributed by atoms with Gasteiger partial charge >= 0.3 is 11.9 Å².